The highest BCUT2D eigenvalue weighted by atomic mass is 16.6. The second-order valence-electron chi connectivity index (χ2n) is 5.21. The summed E-state index contributed by atoms with van der Waals surface area (Å²) in [5.41, 5.74) is 5.32. The van der Waals surface area contributed by atoms with Crippen molar-refractivity contribution in [2.24, 2.45) is 17.6 Å². The molecule has 0 fully saturated rings. The molecule has 0 saturated carbocycles. The van der Waals surface area contributed by atoms with E-state index in [2.05, 4.69) is 0 Å². The van der Waals surface area contributed by atoms with Crippen LogP contribution < -0.4 is 5.73 Å². The summed E-state index contributed by atoms with van der Waals surface area (Å²) in [6.07, 6.45) is 0. The minimum Gasteiger partial charge on any atom is -0.463 e. The molecule has 0 bridgehead atoms. The number of ether oxygens (including phenoxy) is 2. The van der Waals surface area contributed by atoms with Crippen molar-refractivity contribution >= 4 is 5.97 Å². The molecule has 0 aromatic heterocycles. The standard InChI is InChI=1S/C12H25NO3/c1-9(2)10(8-13)11(14)15-6-7-16-12(3,4)5/h9-10H,6-8,13H2,1-5H3. The van der Waals surface area contributed by atoms with Gasteiger partial charge in [0.2, 0.25) is 0 Å². The SMILES string of the molecule is CC(C)C(CN)C(=O)OCCOC(C)(C)C. The molecule has 0 aliphatic carbocycles. The van der Waals surface area contributed by atoms with Crippen LogP contribution in [0, 0.1) is 11.8 Å². The van der Waals surface area contributed by atoms with Crippen LogP contribution in [-0.4, -0.2) is 31.3 Å². The zero-order valence-corrected chi connectivity index (χ0v) is 11.1. The third-order valence-electron chi connectivity index (χ3n) is 2.22. The number of hydrogen-bond acceptors (Lipinski definition) is 4. The Bertz CT molecular complexity index is 209. The Labute approximate surface area is 98.5 Å². The van der Waals surface area contributed by atoms with Crippen molar-refractivity contribution in [1.29, 1.82) is 0 Å². The van der Waals surface area contributed by atoms with Gasteiger partial charge in [-0.05, 0) is 26.7 Å². The van der Waals surface area contributed by atoms with E-state index in [4.69, 9.17) is 15.2 Å². The molecule has 96 valence electrons. The number of rotatable bonds is 6. The topological polar surface area (TPSA) is 61.6 Å². The van der Waals surface area contributed by atoms with Crippen LogP contribution in [0.5, 0.6) is 0 Å². The molecule has 0 heterocycles. The predicted octanol–water partition coefficient (Wildman–Crippen LogP) is 1.58. The van der Waals surface area contributed by atoms with E-state index in [1.54, 1.807) is 0 Å². The van der Waals surface area contributed by atoms with Crippen molar-refractivity contribution in [2.75, 3.05) is 19.8 Å². The Morgan fingerprint density at radius 1 is 1.25 bits per heavy atom. The smallest absolute Gasteiger partial charge is 0.310 e. The maximum atomic E-state index is 11.6. The van der Waals surface area contributed by atoms with Crippen molar-refractivity contribution in [1.82, 2.24) is 0 Å². The molecule has 0 amide bonds. The van der Waals surface area contributed by atoms with Crippen LogP contribution in [0.15, 0.2) is 0 Å². The number of carbonyl (C=O) groups is 1. The molecular weight excluding hydrogens is 206 g/mol. The summed E-state index contributed by atoms with van der Waals surface area (Å²) in [4.78, 5) is 11.6. The summed E-state index contributed by atoms with van der Waals surface area (Å²) < 4.78 is 10.6. The lowest BCUT2D eigenvalue weighted by atomic mass is 9.96. The molecule has 1 atom stereocenters. The van der Waals surface area contributed by atoms with Crippen molar-refractivity contribution in [3.8, 4) is 0 Å². The van der Waals surface area contributed by atoms with E-state index in [1.807, 2.05) is 34.6 Å². The van der Waals surface area contributed by atoms with Gasteiger partial charge in [0.1, 0.15) is 6.61 Å². The molecule has 1 unspecified atom stereocenters. The highest BCUT2D eigenvalue weighted by Gasteiger charge is 2.22. The average molecular weight is 231 g/mol. The zero-order valence-electron chi connectivity index (χ0n) is 11.1. The first-order chi connectivity index (χ1) is 7.28. The van der Waals surface area contributed by atoms with Crippen LogP contribution in [-0.2, 0) is 14.3 Å². The number of esters is 1. The normalized spacial score (nSPS) is 13.9. The second-order valence-corrected chi connectivity index (χ2v) is 5.21. The summed E-state index contributed by atoms with van der Waals surface area (Å²) in [6.45, 7) is 10.9. The van der Waals surface area contributed by atoms with Crippen molar-refractivity contribution < 1.29 is 14.3 Å². The molecule has 0 aliphatic heterocycles. The lowest BCUT2D eigenvalue weighted by molar-refractivity contribution is -0.152. The Morgan fingerprint density at radius 2 is 1.81 bits per heavy atom. The van der Waals surface area contributed by atoms with Gasteiger partial charge in [-0.3, -0.25) is 4.79 Å². The maximum Gasteiger partial charge on any atom is 0.310 e. The van der Waals surface area contributed by atoms with E-state index in [0.717, 1.165) is 0 Å². The van der Waals surface area contributed by atoms with Crippen LogP contribution in [0.1, 0.15) is 34.6 Å². The van der Waals surface area contributed by atoms with E-state index in [1.165, 1.54) is 0 Å². The number of hydrogen-bond donors (Lipinski definition) is 1. The largest absolute Gasteiger partial charge is 0.463 e. The van der Waals surface area contributed by atoms with Gasteiger partial charge in [0, 0.05) is 6.54 Å². The first kappa shape index (κ1) is 15.4. The van der Waals surface area contributed by atoms with Crippen LogP contribution in [0.3, 0.4) is 0 Å². The molecule has 0 spiro atoms. The Hall–Kier alpha value is -0.610. The van der Waals surface area contributed by atoms with Gasteiger partial charge >= 0.3 is 5.97 Å². The fourth-order valence-electron chi connectivity index (χ4n) is 1.24. The molecule has 0 saturated heterocycles. The third-order valence-corrected chi connectivity index (χ3v) is 2.22. The summed E-state index contributed by atoms with van der Waals surface area (Å²) >= 11 is 0. The average Bonchev–Trinajstić information content (AvgIpc) is 2.11. The minimum atomic E-state index is -0.227. The lowest BCUT2D eigenvalue weighted by Crippen LogP contribution is -2.31. The summed E-state index contributed by atoms with van der Waals surface area (Å²) in [5.74, 6) is -0.231. The zero-order chi connectivity index (χ0) is 12.8. The van der Waals surface area contributed by atoms with Crippen LogP contribution >= 0.6 is 0 Å². The summed E-state index contributed by atoms with van der Waals surface area (Å²) in [7, 11) is 0. The van der Waals surface area contributed by atoms with E-state index < -0.39 is 0 Å². The van der Waals surface area contributed by atoms with Crippen LogP contribution in [0.2, 0.25) is 0 Å². The first-order valence-electron chi connectivity index (χ1n) is 5.78. The van der Waals surface area contributed by atoms with E-state index in [9.17, 15) is 4.79 Å². The van der Waals surface area contributed by atoms with E-state index in [-0.39, 0.29) is 23.4 Å². The molecule has 16 heavy (non-hydrogen) atoms. The number of carbonyl (C=O) groups excluding carboxylic acids is 1. The predicted molar refractivity (Wildman–Crippen MR) is 64.0 cm³/mol. The van der Waals surface area contributed by atoms with Crippen molar-refractivity contribution in [2.45, 2.75) is 40.2 Å². The third kappa shape index (κ3) is 6.80. The minimum absolute atomic E-state index is 0.197. The second kappa shape index (κ2) is 6.86. The monoisotopic (exact) mass is 231 g/mol. The summed E-state index contributed by atoms with van der Waals surface area (Å²) in [6, 6.07) is 0. The molecule has 0 aliphatic rings. The van der Waals surface area contributed by atoms with E-state index >= 15 is 0 Å². The van der Waals surface area contributed by atoms with Gasteiger partial charge in [0.05, 0.1) is 18.1 Å². The fraction of sp³-hybridized carbons (Fsp3) is 0.917. The van der Waals surface area contributed by atoms with Gasteiger partial charge in [0.15, 0.2) is 0 Å². The molecule has 0 aromatic carbocycles. The van der Waals surface area contributed by atoms with Crippen molar-refractivity contribution in [3.05, 3.63) is 0 Å². The van der Waals surface area contributed by atoms with Crippen LogP contribution in [0.4, 0.5) is 0 Å². The van der Waals surface area contributed by atoms with Gasteiger partial charge in [-0.15, -0.1) is 0 Å². The van der Waals surface area contributed by atoms with Gasteiger partial charge in [-0.2, -0.15) is 0 Å². The van der Waals surface area contributed by atoms with Gasteiger partial charge in [-0.25, -0.2) is 0 Å². The van der Waals surface area contributed by atoms with E-state index in [0.29, 0.717) is 19.8 Å². The highest BCUT2D eigenvalue weighted by molar-refractivity contribution is 5.72. The molecule has 0 aromatic rings. The van der Waals surface area contributed by atoms with Crippen molar-refractivity contribution in [3.63, 3.8) is 0 Å². The fourth-order valence-corrected chi connectivity index (χ4v) is 1.24. The number of nitrogens with two attached hydrogens (primary N) is 1. The molecule has 4 nitrogen and oxygen atoms in total. The molecule has 2 N–H and O–H groups in total. The van der Waals surface area contributed by atoms with Gasteiger partial charge < -0.3 is 15.2 Å². The van der Waals surface area contributed by atoms with Crippen LogP contribution in [0.25, 0.3) is 0 Å². The summed E-state index contributed by atoms with van der Waals surface area (Å²) in [5, 5.41) is 0. The highest BCUT2D eigenvalue weighted by Crippen LogP contribution is 2.11. The lowest BCUT2D eigenvalue weighted by Gasteiger charge is -2.21. The maximum absolute atomic E-state index is 11.6. The Morgan fingerprint density at radius 3 is 2.19 bits per heavy atom. The van der Waals surface area contributed by atoms with Gasteiger partial charge in [0.25, 0.3) is 0 Å². The molecule has 0 radical (unpaired) electrons. The first-order valence-corrected chi connectivity index (χ1v) is 5.78. The van der Waals surface area contributed by atoms with Gasteiger partial charge in [-0.1, -0.05) is 13.8 Å². The molecule has 0 rings (SSSR count). The molecular formula is C12H25NO3. The molecule has 4 heteroatoms. The Balaban J connectivity index is 3.81. The quantitative estimate of drug-likeness (QED) is 0.557. The Kier molecular flexibility index (Phi) is 6.60.